The summed E-state index contributed by atoms with van der Waals surface area (Å²) in [6, 6.07) is 9.52. The standard InChI is InChI=1S/C15H20N2O2.C2HF3O2/c18-14(13-4-2-1-3-5-13)17-10-11-19-15(12-17)6-8-16-9-7-15;3-2(4,5)1(6)7/h1-5,16H,6-12H2;(H,6,7). The van der Waals surface area contributed by atoms with Crippen LogP contribution in [0.1, 0.15) is 23.2 Å². The van der Waals surface area contributed by atoms with E-state index in [4.69, 9.17) is 14.6 Å². The number of carbonyl (C=O) groups is 2. The second-order valence-electron chi connectivity index (χ2n) is 6.18. The molecule has 6 nitrogen and oxygen atoms in total. The van der Waals surface area contributed by atoms with Gasteiger partial charge in [0, 0.05) is 12.1 Å². The number of halogens is 3. The Bertz CT molecular complexity index is 611. The van der Waals surface area contributed by atoms with Crippen LogP contribution < -0.4 is 5.32 Å². The van der Waals surface area contributed by atoms with Crippen molar-refractivity contribution in [2.24, 2.45) is 0 Å². The van der Waals surface area contributed by atoms with Crippen LogP contribution in [0.5, 0.6) is 0 Å². The number of aliphatic carboxylic acids is 1. The summed E-state index contributed by atoms with van der Waals surface area (Å²) in [5, 5.41) is 10.5. The van der Waals surface area contributed by atoms with Gasteiger partial charge >= 0.3 is 12.1 Å². The number of piperidine rings is 1. The summed E-state index contributed by atoms with van der Waals surface area (Å²) < 4.78 is 37.7. The molecule has 26 heavy (non-hydrogen) atoms. The topological polar surface area (TPSA) is 78.9 Å². The number of nitrogens with one attached hydrogen (secondary N) is 1. The number of carboxylic acids is 1. The Morgan fingerprint density at radius 1 is 1.15 bits per heavy atom. The largest absolute Gasteiger partial charge is 0.490 e. The van der Waals surface area contributed by atoms with Crippen LogP contribution in [0.2, 0.25) is 0 Å². The molecule has 0 bridgehead atoms. The SMILES string of the molecule is O=C(O)C(F)(F)F.O=C(c1ccccc1)N1CCOC2(CCNCC2)C1. The number of hydrogen-bond acceptors (Lipinski definition) is 4. The maximum absolute atomic E-state index is 12.5. The van der Waals surface area contributed by atoms with Crippen molar-refractivity contribution in [1.29, 1.82) is 0 Å². The lowest BCUT2D eigenvalue weighted by molar-refractivity contribution is -0.192. The van der Waals surface area contributed by atoms with Crippen molar-refractivity contribution in [2.75, 3.05) is 32.8 Å². The highest BCUT2D eigenvalue weighted by Crippen LogP contribution is 2.28. The van der Waals surface area contributed by atoms with E-state index in [0.717, 1.165) is 38.0 Å². The van der Waals surface area contributed by atoms with Crippen LogP contribution in [-0.4, -0.2) is 66.4 Å². The number of rotatable bonds is 1. The molecule has 1 aromatic carbocycles. The van der Waals surface area contributed by atoms with Crippen molar-refractivity contribution in [1.82, 2.24) is 10.2 Å². The van der Waals surface area contributed by atoms with Gasteiger partial charge < -0.3 is 20.1 Å². The summed E-state index contributed by atoms with van der Waals surface area (Å²) in [6.07, 6.45) is -3.10. The highest BCUT2D eigenvalue weighted by Gasteiger charge is 2.39. The van der Waals surface area contributed by atoms with Gasteiger partial charge in [-0.2, -0.15) is 13.2 Å². The molecular formula is C17H21F3N2O4. The first kappa shape index (κ1) is 20.2. The zero-order chi connectivity index (χ0) is 19.2. The predicted molar refractivity (Wildman–Crippen MR) is 86.8 cm³/mol. The Labute approximate surface area is 148 Å². The molecule has 0 aliphatic carbocycles. The van der Waals surface area contributed by atoms with Crippen LogP contribution in [0.15, 0.2) is 30.3 Å². The number of benzene rings is 1. The fourth-order valence-corrected chi connectivity index (χ4v) is 2.97. The minimum absolute atomic E-state index is 0.117. The van der Waals surface area contributed by atoms with E-state index in [1.165, 1.54) is 0 Å². The number of amides is 1. The van der Waals surface area contributed by atoms with Gasteiger partial charge in [-0.1, -0.05) is 18.2 Å². The number of ether oxygens (including phenoxy) is 1. The molecule has 9 heteroatoms. The number of hydrogen-bond donors (Lipinski definition) is 2. The Balaban J connectivity index is 0.000000298. The van der Waals surface area contributed by atoms with E-state index in [0.29, 0.717) is 13.2 Å². The van der Waals surface area contributed by atoms with Gasteiger partial charge in [-0.05, 0) is 38.1 Å². The van der Waals surface area contributed by atoms with Gasteiger partial charge in [0.2, 0.25) is 0 Å². The average Bonchev–Trinajstić information content (AvgIpc) is 2.62. The minimum atomic E-state index is -5.08. The molecule has 2 fully saturated rings. The Kier molecular flexibility index (Phi) is 6.60. The Hall–Kier alpha value is -2.13. The third kappa shape index (κ3) is 5.43. The molecule has 0 radical (unpaired) electrons. The molecule has 1 spiro atoms. The third-order valence-corrected chi connectivity index (χ3v) is 4.31. The molecular weight excluding hydrogens is 353 g/mol. The van der Waals surface area contributed by atoms with Gasteiger partial charge in [-0.25, -0.2) is 4.79 Å². The van der Waals surface area contributed by atoms with Crippen molar-refractivity contribution in [2.45, 2.75) is 24.6 Å². The first-order valence-corrected chi connectivity index (χ1v) is 8.23. The van der Waals surface area contributed by atoms with Crippen LogP contribution in [-0.2, 0) is 9.53 Å². The molecule has 3 rings (SSSR count). The highest BCUT2D eigenvalue weighted by atomic mass is 19.4. The van der Waals surface area contributed by atoms with Crippen molar-refractivity contribution in [3.05, 3.63) is 35.9 Å². The average molecular weight is 374 g/mol. The third-order valence-electron chi connectivity index (χ3n) is 4.31. The molecule has 0 atom stereocenters. The van der Waals surface area contributed by atoms with E-state index in [9.17, 15) is 18.0 Å². The molecule has 0 saturated carbocycles. The predicted octanol–water partition coefficient (Wildman–Crippen LogP) is 1.91. The summed E-state index contributed by atoms with van der Waals surface area (Å²) in [6.45, 7) is 4.03. The first-order chi connectivity index (χ1) is 12.2. The second kappa shape index (κ2) is 8.50. The van der Waals surface area contributed by atoms with Gasteiger partial charge in [0.25, 0.3) is 5.91 Å². The van der Waals surface area contributed by atoms with E-state index in [2.05, 4.69) is 5.32 Å². The number of carboxylic acid groups (broad SMARTS) is 1. The summed E-state index contributed by atoms with van der Waals surface area (Å²) in [5.74, 6) is -2.63. The normalized spacial score (nSPS) is 19.4. The van der Waals surface area contributed by atoms with Gasteiger partial charge in [-0.3, -0.25) is 4.79 Å². The number of carbonyl (C=O) groups excluding carboxylic acids is 1. The van der Waals surface area contributed by atoms with Gasteiger partial charge in [-0.15, -0.1) is 0 Å². The maximum atomic E-state index is 12.5. The molecule has 1 aromatic rings. The van der Waals surface area contributed by atoms with Gasteiger partial charge in [0.1, 0.15) is 0 Å². The van der Waals surface area contributed by atoms with Gasteiger partial charge in [0.05, 0.1) is 18.8 Å². The molecule has 2 aliphatic heterocycles. The maximum Gasteiger partial charge on any atom is 0.490 e. The Morgan fingerprint density at radius 3 is 2.27 bits per heavy atom. The molecule has 2 saturated heterocycles. The van der Waals surface area contributed by atoms with Crippen LogP contribution in [0.4, 0.5) is 13.2 Å². The zero-order valence-electron chi connectivity index (χ0n) is 14.1. The zero-order valence-corrected chi connectivity index (χ0v) is 14.1. The summed E-state index contributed by atoms with van der Waals surface area (Å²) in [4.78, 5) is 23.3. The van der Waals surface area contributed by atoms with Crippen molar-refractivity contribution in [3.8, 4) is 0 Å². The van der Waals surface area contributed by atoms with E-state index in [-0.39, 0.29) is 11.5 Å². The van der Waals surface area contributed by atoms with Gasteiger partial charge in [0.15, 0.2) is 0 Å². The minimum Gasteiger partial charge on any atom is -0.475 e. The highest BCUT2D eigenvalue weighted by molar-refractivity contribution is 5.94. The number of alkyl halides is 3. The molecule has 0 aromatic heterocycles. The lowest BCUT2D eigenvalue weighted by Crippen LogP contribution is -2.57. The molecule has 144 valence electrons. The monoisotopic (exact) mass is 374 g/mol. The van der Waals surface area contributed by atoms with Crippen molar-refractivity contribution >= 4 is 11.9 Å². The van der Waals surface area contributed by atoms with Crippen LogP contribution in [0.3, 0.4) is 0 Å². The van der Waals surface area contributed by atoms with Crippen LogP contribution >= 0.6 is 0 Å². The second-order valence-corrected chi connectivity index (χ2v) is 6.18. The molecule has 0 unspecified atom stereocenters. The van der Waals surface area contributed by atoms with Crippen LogP contribution in [0, 0.1) is 0 Å². The van der Waals surface area contributed by atoms with Crippen molar-refractivity contribution < 1.29 is 32.6 Å². The number of nitrogens with zero attached hydrogens (tertiary/aromatic N) is 1. The fourth-order valence-electron chi connectivity index (χ4n) is 2.97. The summed E-state index contributed by atoms with van der Waals surface area (Å²) in [5.41, 5.74) is 0.655. The smallest absolute Gasteiger partial charge is 0.475 e. The molecule has 2 N–H and O–H groups in total. The lowest BCUT2D eigenvalue weighted by Gasteiger charge is -2.45. The van der Waals surface area contributed by atoms with E-state index >= 15 is 0 Å². The number of morpholine rings is 1. The van der Waals surface area contributed by atoms with Crippen molar-refractivity contribution in [3.63, 3.8) is 0 Å². The van der Waals surface area contributed by atoms with Crippen LogP contribution in [0.25, 0.3) is 0 Å². The first-order valence-electron chi connectivity index (χ1n) is 8.23. The van der Waals surface area contributed by atoms with E-state index < -0.39 is 12.1 Å². The molecule has 2 heterocycles. The fraction of sp³-hybridized carbons (Fsp3) is 0.529. The van der Waals surface area contributed by atoms with E-state index in [1.807, 2.05) is 35.2 Å². The summed E-state index contributed by atoms with van der Waals surface area (Å²) in [7, 11) is 0. The molecule has 1 amide bonds. The lowest BCUT2D eigenvalue weighted by atomic mass is 9.90. The Morgan fingerprint density at radius 2 is 1.73 bits per heavy atom. The quantitative estimate of drug-likeness (QED) is 0.785. The summed E-state index contributed by atoms with van der Waals surface area (Å²) >= 11 is 0. The molecule has 2 aliphatic rings. The van der Waals surface area contributed by atoms with E-state index in [1.54, 1.807) is 0 Å².